The first-order chi connectivity index (χ1) is 11.1. The summed E-state index contributed by atoms with van der Waals surface area (Å²) in [7, 11) is 0. The van der Waals surface area contributed by atoms with Gasteiger partial charge in [0.15, 0.2) is 0 Å². The second-order valence-corrected chi connectivity index (χ2v) is 6.30. The number of aliphatic hydroxyl groups excluding tert-OH is 1. The molecule has 0 spiro atoms. The van der Waals surface area contributed by atoms with Gasteiger partial charge >= 0.3 is 6.18 Å². The molecular weight excluding hydrogens is 305 g/mol. The molecule has 5 heteroatoms. The minimum absolute atomic E-state index is 0.105. The number of ether oxygens (including phenoxy) is 1. The third-order valence-corrected chi connectivity index (χ3v) is 3.98. The Hall–Kier alpha value is -0.290. The van der Waals surface area contributed by atoms with Crippen LogP contribution >= 0.6 is 0 Å². The molecule has 0 radical (unpaired) electrons. The molecule has 0 fully saturated rings. The van der Waals surface area contributed by atoms with Gasteiger partial charge in [-0.1, -0.05) is 70.6 Å². The zero-order valence-corrected chi connectivity index (χ0v) is 14.5. The van der Waals surface area contributed by atoms with Crippen molar-refractivity contribution >= 4 is 0 Å². The average molecular weight is 340 g/mol. The maximum Gasteiger partial charge on any atom is 0.389 e. The molecule has 0 aromatic heterocycles. The molecule has 0 unspecified atom stereocenters. The molecule has 0 aliphatic carbocycles. The number of hydrogen-bond acceptors (Lipinski definition) is 2. The quantitative estimate of drug-likeness (QED) is 0.328. The highest BCUT2D eigenvalue weighted by atomic mass is 19.4. The maximum atomic E-state index is 11.9. The molecule has 1 N–H and O–H groups in total. The van der Waals surface area contributed by atoms with Crippen LogP contribution in [0.3, 0.4) is 0 Å². The van der Waals surface area contributed by atoms with Crippen LogP contribution in [0.5, 0.6) is 0 Å². The van der Waals surface area contributed by atoms with Crippen molar-refractivity contribution in [2.75, 3.05) is 19.8 Å². The van der Waals surface area contributed by atoms with Gasteiger partial charge in [0.25, 0.3) is 0 Å². The first kappa shape index (κ1) is 22.7. The standard InChI is InChI=1S/C18H35F3O2/c19-18(20,21)14-12-10-8-6-4-2-1-3-5-7-9-11-13-16-23-17-15-22/h22H,1-17H2. The smallest absolute Gasteiger partial charge is 0.389 e. The van der Waals surface area contributed by atoms with E-state index in [0.29, 0.717) is 13.0 Å². The summed E-state index contributed by atoms with van der Waals surface area (Å²) in [4.78, 5) is 0. The van der Waals surface area contributed by atoms with E-state index in [1.54, 1.807) is 0 Å². The van der Waals surface area contributed by atoms with E-state index in [1.807, 2.05) is 0 Å². The summed E-state index contributed by atoms with van der Waals surface area (Å²) in [5, 5.41) is 8.54. The summed E-state index contributed by atoms with van der Waals surface area (Å²) < 4.78 is 41.0. The molecule has 0 aromatic rings. The van der Waals surface area contributed by atoms with Crippen molar-refractivity contribution in [2.45, 2.75) is 96.1 Å². The minimum atomic E-state index is -3.98. The van der Waals surface area contributed by atoms with Gasteiger partial charge in [-0.05, 0) is 12.8 Å². The summed E-state index contributed by atoms with van der Waals surface area (Å²) in [6, 6.07) is 0. The lowest BCUT2D eigenvalue weighted by molar-refractivity contribution is -0.135. The van der Waals surface area contributed by atoms with Crippen molar-refractivity contribution in [3.63, 3.8) is 0 Å². The number of hydrogen-bond donors (Lipinski definition) is 1. The molecule has 0 bridgehead atoms. The lowest BCUT2D eigenvalue weighted by atomic mass is 10.0. The van der Waals surface area contributed by atoms with Gasteiger partial charge in [0.2, 0.25) is 0 Å². The van der Waals surface area contributed by atoms with E-state index in [4.69, 9.17) is 9.84 Å². The van der Waals surface area contributed by atoms with Crippen molar-refractivity contribution in [3.8, 4) is 0 Å². The molecule has 140 valence electrons. The van der Waals surface area contributed by atoms with E-state index in [0.717, 1.165) is 32.3 Å². The molecule has 0 heterocycles. The van der Waals surface area contributed by atoms with Crippen LogP contribution in [0, 0.1) is 0 Å². The molecule has 0 atom stereocenters. The summed E-state index contributed by atoms with van der Waals surface area (Å²) in [6.07, 6.45) is 9.39. The Balaban J connectivity index is 3.00. The second-order valence-electron chi connectivity index (χ2n) is 6.30. The minimum Gasteiger partial charge on any atom is -0.394 e. The molecule has 0 aliphatic heterocycles. The average Bonchev–Trinajstić information content (AvgIpc) is 2.49. The molecule has 23 heavy (non-hydrogen) atoms. The fourth-order valence-corrected chi connectivity index (χ4v) is 2.64. The Bertz CT molecular complexity index is 233. The topological polar surface area (TPSA) is 29.5 Å². The van der Waals surface area contributed by atoms with Crippen LogP contribution in [0.2, 0.25) is 0 Å². The molecular formula is C18H35F3O2. The third-order valence-electron chi connectivity index (χ3n) is 3.98. The highest BCUT2D eigenvalue weighted by Gasteiger charge is 2.25. The first-order valence-corrected chi connectivity index (χ1v) is 9.31. The Morgan fingerprint density at radius 1 is 0.565 bits per heavy atom. The normalized spacial score (nSPS) is 12.0. The van der Waals surface area contributed by atoms with Crippen LogP contribution in [0.1, 0.15) is 89.9 Å². The van der Waals surface area contributed by atoms with Gasteiger partial charge in [0.1, 0.15) is 0 Å². The number of unbranched alkanes of at least 4 members (excludes halogenated alkanes) is 12. The van der Waals surface area contributed by atoms with E-state index >= 15 is 0 Å². The Labute approximate surface area is 139 Å². The van der Waals surface area contributed by atoms with Crippen LogP contribution in [0.4, 0.5) is 13.2 Å². The van der Waals surface area contributed by atoms with E-state index < -0.39 is 12.6 Å². The SMILES string of the molecule is OCCOCCCCCCCCCCCCCCCC(F)(F)F. The molecule has 2 nitrogen and oxygen atoms in total. The molecule has 0 amide bonds. The van der Waals surface area contributed by atoms with E-state index in [2.05, 4.69) is 0 Å². The van der Waals surface area contributed by atoms with Crippen molar-refractivity contribution in [1.82, 2.24) is 0 Å². The van der Waals surface area contributed by atoms with E-state index in [9.17, 15) is 13.2 Å². The summed E-state index contributed by atoms with van der Waals surface area (Å²) in [6.45, 7) is 1.30. The van der Waals surface area contributed by atoms with Crippen LogP contribution < -0.4 is 0 Å². The van der Waals surface area contributed by atoms with Gasteiger partial charge in [-0.15, -0.1) is 0 Å². The summed E-state index contributed by atoms with van der Waals surface area (Å²) >= 11 is 0. The molecule has 0 saturated heterocycles. The summed E-state index contributed by atoms with van der Waals surface area (Å²) in [5.41, 5.74) is 0. The lowest BCUT2D eigenvalue weighted by Crippen LogP contribution is -2.06. The number of rotatable bonds is 17. The zero-order chi connectivity index (χ0) is 17.2. The Morgan fingerprint density at radius 3 is 1.35 bits per heavy atom. The fourth-order valence-electron chi connectivity index (χ4n) is 2.64. The van der Waals surface area contributed by atoms with Crippen LogP contribution in [0.25, 0.3) is 0 Å². The predicted octanol–water partition coefficient (Wildman–Crippen LogP) is 6.02. The number of halogens is 3. The highest BCUT2D eigenvalue weighted by molar-refractivity contribution is 4.53. The largest absolute Gasteiger partial charge is 0.394 e. The Kier molecular flexibility index (Phi) is 16.4. The van der Waals surface area contributed by atoms with Crippen LogP contribution in [-0.4, -0.2) is 31.1 Å². The van der Waals surface area contributed by atoms with Gasteiger partial charge in [-0.2, -0.15) is 13.2 Å². The van der Waals surface area contributed by atoms with Crippen molar-refractivity contribution in [2.24, 2.45) is 0 Å². The first-order valence-electron chi connectivity index (χ1n) is 9.31. The van der Waals surface area contributed by atoms with Gasteiger partial charge < -0.3 is 9.84 Å². The van der Waals surface area contributed by atoms with Gasteiger partial charge in [-0.3, -0.25) is 0 Å². The maximum absolute atomic E-state index is 11.9. The molecule has 0 rings (SSSR count). The lowest BCUT2D eigenvalue weighted by Gasteiger charge is -2.06. The number of aliphatic hydroxyl groups is 1. The third kappa shape index (κ3) is 21.7. The predicted molar refractivity (Wildman–Crippen MR) is 88.6 cm³/mol. The second kappa shape index (κ2) is 16.6. The van der Waals surface area contributed by atoms with Gasteiger partial charge in [0, 0.05) is 13.0 Å². The zero-order valence-electron chi connectivity index (χ0n) is 14.5. The van der Waals surface area contributed by atoms with Crippen LogP contribution in [0.15, 0.2) is 0 Å². The van der Waals surface area contributed by atoms with E-state index in [1.165, 1.54) is 44.9 Å². The van der Waals surface area contributed by atoms with E-state index in [-0.39, 0.29) is 13.0 Å². The Morgan fingerprint density at radius 2 is 0.957 bits per heavy atom. The van der Waals surface area contributed by atoms with Gasteiger partial charge in [0.05, 0.1) is 13.2 Å². The molecule has 0 aliphatic rings. The monoisotopic (exact) mass is 340 g/mol. The van der Waals surface area contributed by atoms with Crippen molar-refractivity contribution in [3.05, 3.63) is 0 Å². The fraction of sp³-hybridized carbons (Fsp3) is 1.00. The van der Waals surface area contributed by atoms with Crippen LogP contribution in [-0.2, 0) is 4.74 Å². The molecule has 0 aromatic carbocycles. The van der Waals surface area contributed by atoms with Gasteiger partial charge in [-0.25, -0.2) is 0 Å². The van der Waals surface area contributed by atoms with Crippen molar-refractivity contribution in [1.29, 1.82) is 0 Å². The summed E-state index contributed by atoms with van der Waals surface area (Å²) in [5.74, 6) is 0. The number of alkyl halides is 3. The molecule has 0 saturated carbocycles. The van der Waals surface area contributed by atoms with Crippen molar-refractivity contribution < 1.29 is 23.0 Å². The highest BCUT2D eigenvalue weighted by Crippen LogP contribution is 2.23.